The van der Waals surface area contributed by atoms with Gasteiger partial charge >= 0.3 is 17.9 Å². The summed E-state index contributed by atoms with van der Waals surface area (Å²) in [7, 11) is 0. The van der Waals surface area contributed by atoms with E-state index in [0.717, 1.165) is 37.7 Å². The SMILES string of the molecule is CCCCCCC(=O)Oc1ccc(OC(=O)C=Cc2ccc(C(=O)OCCC)cc2)cc1. The molecule has 170 valence electrons. The van der Waals surface area contributed by atoms with Gasteiger partial charge in [-0.05, 0) is 60.9 Å². The van der Waals surface area contributed by atoms with Gasteiger partial charge in [0.05, 0.1) is 12.2 Å². The maximum Gasteiger partial charge on any atom is 0.338 e. The second-order valence-electron chi connectivity index (χ2n) is 7.27. The number of benzene rings is 2. The topological polar surface area (TPSA) is 78.9 Å². The second-order valence-corrected chi connectivity index (χ2v) is 7.27. The average molecular weight is 439 g/mol. The van der Waals surface area contributed by atoms with Gasteiger partial charge in [0.2, 0.25) is 0 Å². The summed E-state index contributed by atoms with van der Waals surface area (Å²) in [5.74, 6) is -0.419. The van der Waals surface area contributed by atoms with Crippen LogP contribution in [-0.2, 0) is 14.3 Å². The third kappa shape index (κ3) is 9.16. The van der Waals surface area contributed by atoms with Crippen molar-refractivity contribution in [3.05, 3.63) is 65.7 Å². The van der Waals surface area contributed by atoms with E-state index in [4.69, 9.17) is 14.2 Å². The summed E-state index contributed by atoms with van der Waals surface area (Å²) in [6.07, 6.45) is 8.12. The Morgan fingerprint density at radius 1 is 0.781 bits per heavy atom. The molecular formula is C26H30O6. The first-order valence-electron chi connectivity index (χ1n) is 11.0. The van der Waals surface area contributed by atoms with Gasteiger partial charge in [0.1, 0.15) is 11.5 Å². The summed E-state index contributed by atoms with van der Waals surface area (Å²) in [6.45, 7) is 4.43. The van der Waals surface area contributed by atoms with Gasteiger partial charge in [-0.25, -0.2) is 9.59 Å². The minimum atomic E-state index is -0.544. The van der Waals surface area contributed by atoms with E-state index in [1.54, 1.807) is 54.6 Å². The van der Waals surface area contributed by atoms with Crippen molar-refractivity contribution in [3.8, 4) is 11.5 Å². The number of hydrogen-bond acceptors (Lipinski definition) is 6. The van der Waals surface area contributed by atoms with Gasteiger partial charge < -0.3 is 14.2 Å². The zero-order valence-electron chi connectivity index (χ0n) is 18.7. The maximum atomic E-state index is 12.0. The largest absolute Gasteiger partial charge is 0.462 e. The zero-order chi connectivity index (χ0) is 23.2. The number of unbranched alkanes of at least 4 members (excludes halogenated alkanes) is 3. The molecule has 0 aliphatic heterocycles. The predicted octanol–water partition coefficient (Wildman–Crippen LogP) is 5.75. The van der Waals surface area contributed by atoms with Gasteiger partial charge in [-0.1, -0.05) is 45.2 Å². The van der Waals surface area contributed by atoms with Crippen LogP contribution in [0.4, 0.5) is 0 Å². The van der Waals surface area contributed by atoms with E-state index in [9.17, 15) is 14.4 Å². The molecule has 2 aromatic carbocycles. The molecule has 0 fully saturated rings. The predicted molar refractivity (Wildman–Crippen MR) is 123 cm³/mol. The fourth-order valence-electron chi connectivity index (χ4n) is 2.78. The normalized spacial score (nSPS) is 10.7. The first-order valence-corrected chi connectivity index (χ1v) is 11.0. The molecule has 6 nitrogen and oxygen atoms in total. The van der Waals surface area contributed by atoms with Crippen LogP contribution in [0.5, 0.6) is 11.5 Å². The molecule has 0 bridgehead atoms. The Morgan fingerprint density at radius 3 is 2.06 bits per heavy atom. The van der Waals surface area contributed by atoms with Crippen molar-refractivity contribution < 1.29 is 28.6 Å². The van der Waals surface area contributed by atoms with Crippen LogP contribution in [0.1, 0.15) is 68.3 Å². The lowest BCUT2D eigenvalue weighted by Crippen LogP contribution is -2.08. The first-order chi connectivity index (χ1) is 15.5. The molecule has 2 rings (SSSR count). The molecule has 6 heteroatoms. The van der Waals surface area contributed by atoms with Gasteiger partial charge in [0.25, 0.3) is 0 Å². The van der Waals surface area contributed by atoms with E-state index in [0.29, 0.717) is 30.1 Å². The Kier molecular flexibility index (Phi) is 10.7. The van der Waals surface area contributed by atoms with Crippen LogP contribution in [0.3, 0.4) is 0 Å². The van der Waals surface area contributed by atoms with Gasteiger partial charge in [-0.2, -0.15) is 0 Å². The van der Waals surface area contributed by atoms with E-state index in [-0.39, 0.29) is 11.9 Å². The summed E-state index contributed by atoms with van der Waals surface area (Å²) < 4.78 is 15.6. The van der Waals surface area contributed by atoms with E-state index in [2.05, 4.69) is 6.92 Å². The number of ether oxygens (including phenoxy) is 3. The van der Waals surface area contributed by atoms with Gasteiger partial charge in [-0.3, -0.25) is 4.79 Å². The molecule has 0 aliphatic carbocycles. The lowest BCUT2D eigenvalue weighted by molar-refractivity contribution is -0.134. The van der Waals surface area contributed by atoms with Crippen LogP contribution < -0.4 is 9.47 Å². The summed E-state index contributed by atoms with van der Waals surface area (Å²) in [5.41, 5.74) is 1.20. The molecule has 0 aliphatic rings. The number of rotatable bonds is 12. The van der Waals surface area contributed by atoms with Crippen LogP contribution in [0.2, 0.25) is 0 Å². The molecule has 2 aromatic rings. The molecule has 0 atom stereocenters. The fraction of sp³-hybridized carbons (Fsp3) is 0.346. The molecule has 0 saturated heterocycles. The quantitative estimate of drug-likeness (QED) is 0.182. The summed E-state index contributed by atoms with van der Waals surface area (Å²) in [4.78, 5) is 35.7. The maximum absolute atomic E-state index is 12.0. The minimum absolute atomic E-state index is 0.265. The highest BCUT2D eigenvalue weighted by Gasteiger charge is 2.07. The first kappa shape index (κ1) is 24.9. The van der Waals surface area contributed by atoms with Crippen LogP contribution in [0.25, 0.3) is 6.08 Å². The third-order valence-corrected chi connectivity index (χ3v) is 4.50. The standard InChI is InChI=1S/C26H30O6/c1-3-5-6-7-8-24(27)31-22-14-16-23(17-15-22)32-25(28)18-11-20-9-12-21(13-10-20)26(29)30-19-4-2/h9-18H,3-8,19H2,1-2H3. The number of hydrogen-bond donors (Lipinski definition) is 0. The molecule has 0 saturated carbocycles. The van der Waals surface area contributed by atoms with Crippen molar-refractivity contribution >= 4 is 24.0 Å². The minimum Gasteiger partial charge on any atom is -0.462 e. The Hall–Kier alpha value is -3.41. The highest BCUT2D eigenvalue weighted by Crippen LogP contribution is 2.19. The highest BCUT2D eigenvalue weighted by molar-refractivity contribution is 5.91. The van der Waals surface area contributed by atoms with Crippen molar-refractivity contribution in [3.63, 3.8) is 0 Å². The summed E-state index contributed by atoms with van der Waals surface area (Å²) >= 11 is 0. The Labute approximate surface area is 189 Å². The molecule has 0 unspecified atom stereocenters. The van der Waals surface area contributed by atoms with Crippen LogP contribution in [-0.4, -0.2) is 24.5 Å². The summed E-state index contributed by atoms with van der Waals surface area (Å²) in [6, 6.07) is 13.1. The monoisotopic (exact) mass is 438 g/mol. The van der Waals surface area contributed by atoms with E-state index < -0.39 is 5.97 Å². The molecule has 0 spiro atoms. The van der Waals surface area contributed by atoms with Gasteiger partial charge in [0.15, 0.2) is 0 Å². The van der Waals surface area contributed by atoms with Crippen LogP contribution in [0, 0.1) is 0 Å². The molecule has 32 heavy (non-hydrogen) atoms. The van der Waals surface area contributed by atoms with Crippen molar-refractivity contribution in [1.29, 1.82) is 0 Å². The molecule has 0 radical (unpaired) electrons. The second kappa shape index (κ2) is 13.8. The highest BCUT2D eigenvalue weighted by atomic mass is 16.5. The number of carbonyl (C=O) groups excluding carboxylic acids is 3. The Balaban J connectivity index is 1.80. The molecule has 0 amide bonds. The van der Waals surface area contributed by atoms with Crippen LogP contribution >= 0.6 is 0 Å². The van der Waals surface area contributed by atoms with E-state index in [1.165, 1.54) is 6.08 Å². The Bertz CT molecular complexity index is 897. The van der Waals surface area contributed by atoms with Crippen molar-refractivity contribution in [1.82, 2.24) is 0 Å². The van der Waals surface area contributed by atoms with Gasteiger partial charge in [0, 0.05) is 12.5 Å². The third-order valence-electron chi connectivity index (χ3n) is 4.50. The van der Waals surface area contributed by atoms with Crippen molar-refractivity contribution in [2.45, 2.75) is 52.4 Å². The molecular weight excluding hydrogens is 408 g/mol. The zero-order valence-corrected chi connectivity index (χ0v) is 18.7. The molecule has 0 aromatic heterocycles. The fourth-order valence-corrected chi connectivity index (χ4v) is 2.78. The average Bonchev–Trinajstić information content (AvgIpc) is 2.80. The van der Waals surface area contributed by atoms with Gasteiger partial charge in [-0.15, -0.1) is 0 Å². The van der Waals surface area contributed by atoms with E-state index >= 15 is 0 Å². The van der Waals surface area contributed by atoms with Crippen LogP contribution in [0.15, 0.2) is 54.6 Å². The Morgan fingerprint density at radius 2 is 1.44 bits per heavy atom. The lowest BCUT2D eigenvalue weighted by Gasteiger charge is -2.06. The van der Waals surface area contributed by atoms with Crippen molar-refractivity contribution in [2.24, 2.45) is 0 Å². The summed E-state index contributed by atoms with van der Waals surface area (Å²) in [5, 5.41) is 0. The van der Waals surface area contributed by atoms with Crippen molar-refractivity contribution in [2.75, 3.05) is 6.61 Å². The molecule has 0 N–H and O–H groups in total. The number of esters is 3. The van der Waals surface area contributed by atoms with E-state index in [1.807, 2.05) is 6.92 Å². The molecule has 0 heterocycles. The lowest BCUT2D eigenvalue weighted by atomic mass is 10.1. The number of carbonyl (C=O) groups is 3. The smallest absolute Gasteiger partial charge is 0.338 e.